The van der Waals surface area contributed by atoms with Crippen molar-refractivity contribution < 1.29 is 24.2 Å². The Morgan fingerprint density at radius 2 is 1.71 bits per heavy atom. The van der Waals surface area contributed by atoms with Gasteiger partial charge >= 0.3 is 6.09 Å². The number of hydrazine groups is 1. The van der Waals surface area contributed by atoms with Gasteiger partial charge in [0, 0.05) is 45.5 Å². The molecule has 0 saturated heterocycles. The second-order valence-corrected chi connectivity index (χ2v) is 11.5. The van der Waals surface area contributed by atoms with Gasteiger partial charge < -0.3 is 25.0 Å². The average Bonchev–Trinajstić information content (AvgIpc) is 3.33. The first kappa shape index (κ1) is 31.9. The zero-order valence-electron chi connectivity index (χ0n) is 25.4. The third-order valence-electron chi connectivity index (χ3n) is 7.06. The maximum Gasteiger partial charge on any atom is 0.410 e. The lowest BCUT2D eigenvalue weighted by Crippen LogP contribution is -2.48. The first-order valence-corrected chi connectivity index (χ1v) is 14.2. The van der Waals surface area contributed by atoms with E-state index in [-0.39, 0.29) is 31.4 Å². The number of rotatable bonds is 11. The van der Waals surface area contributed by atoms with Crippen LogP contribution in [0, 0.1) is 6.92 Å². The Morgan fingerprint density at radius 3 is 2.27 bits per heavy atom. The van der Waals surface area contributed by atoms with Crippen molar-refractivity contribution in [3.05, 3.63) is 64.7 Å². The number of aryl methyl sites for hydroxylation is 1. The van der Waals surface area contributed by atoms with Crippen molar-refractivity contribution in [2.75, 3.05) is 44.7 Å². The fourth-order valence-electron chi connectivity index (χ4n) is 4.67. The van der Waals surface area contributed by atoms with Crippen LogP contribution >= 0.6 is 0 Å². The molecule has 0 saturated carbocycles. The molecule has 0 aliphatic carbocycles. The predicted octanol–water partition coefficient (Wildman–Crippen LogP) is 3.62. The molecule has 1 heterocycles. The molecule has 3 amide bonds. The summed E-state index contributed by atoms with van der Waals surface area (Å²) in [5.74, 6) is -0.439. The summed E-state index contributed by atoms with van der Waals surface area (Å²) in [7, 11) is 1.75. The van der Waals surface area contributed by atoms with Crippen LogP contribution in [0.2, 0.25) is 0 Å². The minimum atomic E-state index is -0.695. The number of carbonyl (C=O) groups excluding carboxylic acids is 3. The van der Waals surface area contributed by atoms with Gasteiger partial charge in [-0.25, -0.2) is 9.80 Å². The first-order valence-electron chi connectivity index (χ1n) is 14.2. The van der Waals surface area contributed by atoms with E-state index >= 15 is 0 Å². The van der Waals surface area contributed by atoms with Crippen LogP contribution in [0.15, 0.2) is 42.5 Å². The molecule has 224 valence electrons. The summed E-state index contributed by atoms with van der Waals surface area (Å²) in [5, 5.41) is 16.7. The summed E-state index contributed by atoms with van der Waals surface area (Å²) in [5.41, 5.74) is 4.06. The molecule has 2 aromatic rings. The Hall–Kier alpha value is -3.63. The van der Waals surface area contributed by atoms with E-state index in [1.54, 1.807) is 23.9 Å². The van der Waals surface area contributed by atoms with Crippen molar-refractivity contribution in [1.29, 1.82) is 0 Å². The van der Waals surface area contributed by atoms with Gasteiger partial charge in [0.25, 0.3) is 5.91 Å². The Kier molecular flexibility index (Phi) is 10.8. The van der Waals surface area contributed by atoms with Crippen LogP contribution < -0.4 is 10.2 Å². The average molecular weight is 568 g/mol. The van der Waals surface area contributed by atoms with Gasteiger partial charge in [-0.3, -0.25) is 14.6 Å². The number of hydrogen-bond donors (Lipinski definition) is 2. The minimum absolute atomic E-state index is 0.0279. The highest BCUT2D eigenvalue weighted by molar-refractivity contribution is 5.86. The maximum absolute atomic E-state index is 13.5. The van der Waals surface area contributed by atoms with Crippen molar-refractivity contribution >= 4 is 23.6 Å². The zero-order valence-corrected chi connectivity index (χ0v) is 25.4. The zero-order chi connectivity index (χ0) is 30.3. The van der Waals surface area contributed by atoms with Crippen molar-refractivity contribution in [2.24, 2.45) is 0 Å². The summed E-state index contributed by atoms with van der Waals surface area (Å²) in [4.78, 5) is 42.3. The number of amides is 3. The number of benzene rings is 2. The van der Waals surface area contributed by atoms with Crippen LogP contribution in [-0.2, 0) is 27.4 Å². The Labute approximate surface area is 243 Å². The normalized spacial score (nSPS) is 13.8. The lowest BCUT2D eigenvalue weighted by atomic mass is 10.1. The smallest absolute Gasteiger partial charge is 0.410 e. The van der Waals surface area contributed by atoms with E-state index in [0.29, 0.717) is 37.4 Å². The largest absolute Gasteiger partial charge is 0.444 e. The third-order valence-corrected chi connectivity index (χ3v) is 7.06. The van der Waals surface area contributed by atoms with Crippen LogP contribution in [-0.4, -0.2) is 83.3 Å². The highest BCUT2D eigenvalue weighted by Gasteiger charge is 2.27. The van der Waals surface area contributed by atoms with E-state index in [9.17, 15) is 19.5 Å². The summed E-state index contributed by atoms with van der Waals surface area (Å²) in [6.07, 6.45) is -1.13. The summed E-state index contributed by atoms with van der Waals surface area (Å²) < 4.78 is 5.44. The number of nitrogens with zero attached hydrogens (tertiary/aromatic N) is 4. The number of hydrogen-bond acceptors (Lipinski definition) is 7. The van der Waals surface area contributed by atoms with Gasteiger partial charge in [-0.2, -0.15) is 0 Å². The van der Waals surface area contributed by atoms with Gasteiger partial charge in [0.1, 0.15) is 5.60 Å². The van der Waals surface area contributed by atoms with Crippen molar-refractivity contribution in [1.82, 2.24) is 20.2 Å². The molecule has 0 fully saturated rings. The molecule has 1 aliphatic rings. The molecule has 1 atom stereocenters. The quantitative estimate of drug-likeness (QED) is 0.427. The number of aliphatic hydroxyl groups excluding tert-OH is 1. The Bertz CT molecular complexity index is 1200. The number of fused-ring (bicyclic) bond motifs is 1. The van der Waals surface area contributed by atoms with Gasteiger partial charge in [0.2, 0.25) is 5.91 Å². The fourth-order valence-corrected chi connectivity index (χ4v) is 4.67. The summed E-state index contributed by atoms with van der Waals surface area (Å²) in [6, 6.07) is 13.7. The van der Waals surface area contributed by atoms with Gasteiger partial charge in [0.15, 0.2) is 0 Å². The lowest BCUT2D eigenvalue weighted by Gasteiger charge is -2.32. The molecule has 0 aromatic heterocycles. The number of ether oxygens (including phenoxy) is 1. The van der Waals surface area contributed by atoms with Crippen LogP contribution in [0.5, 0.6) is 0 Å². The molecule has 2 aromatic carbocycles. The summed E-state index contributed by atoms with van der Waals surface area (Å²) in [6.45, 7) is 13.1. The highest BCUT2D eigenvalue weighted by Crippen LogP contribution is 2.26. The monoisotopic (exact) mass is 567 g/mol. The minimum Gasteiger partial charge on any atom is -0.444 e. The van der Waals surface area contributed by atoms with Gasteiger partial charge in [-0.15, -0.1) is 0 Å². The van der Waals surface area contributed by atoms with E-state index in [1.165, 1.54) is 16.0 Å². The van der Waals surface area contributed by atoms with E-state index in [1.807, 2.05) is 70.0 Å². The van der Waals surface area contributed by atoms with E-state index in [0.717, 1.165) is 5.56 Å². The number of likely N-dealkylation sites (N-methyl/N-ethyl adjacent to an activating group) is 2. The molecule has 0 bridgehead atoms. The predicted molar refractivity (Wildman–Crippen MR) is 159 cm³/mol. The molecule has 3 rings (SSSR count). The number of nitrogens with one attached hydrogen (secondary N) is 1. The molecule has 41 heavy (non-hydrogen) atoms. The van der Waals surface area contributed by atoms with Gasteiger partial charge in [-0.05, 0) is 69.9 Å². The SMILES string of the molecule is CCN(CCNC(=O)CN(CC(=O)N(C)N1Cc2ccccc2C1)c1cc(C(C)O)ccc1C)C(=O)OC(C)(C)C. The van der Waals surface area contributed by atoms with Crippen LogP contribution in [0.4, 0.5) is 10.5 Å². The van der Waals surface area contributed by atoms with Gasteiger partial charge in [-0.1, -0.05) is 36.4 Å². The molecular formula is C31H45N5O5. The van der Waals surface area contributed by atoms with Gasteiger partial charge in [0.05, 0.1) is 19.2 Å². The van der Waals surface area contributed by atoms with E-state index < -0.39 is 17.8 Å². The number of anilines is 1. The molecule has 0 radical (unpaired) electrons. The molecule has 1 aliphatic heterocycles. The van der Waals surface area contributed by atoms with Crippen molar-refractivity contribution in [3.63, 3.8) is 0 Å². The van der Waals surface area contributed by atoms with Crippen LogP contribution in [0.1, 0.15) is 63.0 Å². The molecule has 0 spiro atoms. The molecule has 10 nitrogen and oxygen atoms in total. The highest BCUT2D eigenvalue weighted by atomic mass is 16.6. The third kappa shape index (κ3) is 8.93. The standard InChI is InChI=1S/C31H45N5O5/c1-8-34(30(40)41-31(4,5)6)16-15-32-28(38)20-35(27-17-24(23(3)37)14-13-22(27)2)21-29(39)33(7)36-18-25-11-9-10-12-26(25)19-36/h9-14,17,23,37H,8,15-16,18-21H2,1-7H3,(H,32,38). The Balaban J connectivity index is 1.70. The molecule has 10 heteroatoms. The summed E-state index contributed by atoms with van der Waals surface area (Å²) >= 11 is 0. The molecule has 1 unspecified atom stereocenters. The number of aliphatic hydroxyl groups is 1. The second kappa shape index (κ2) is 13.8. The van der Waals surface area contributed by atoms with E-state index in [4.69, 9.17) is 4.74 Å². The Morgan fingerprint density at radius 1 is 1.07 bits per heavy atom. The first-order chi connectivity index (χ1) is 19.3. The second-order valence-electron chi connectivity index (χ2n) is 11.5. The van der Waals surface area contributed by atoms with Crippen molar-refractivity contribution in [3.8, 4) is 0 Å². The van der Waals surface area contributed by atoms with E-state index in [2.05, 4.69) is 17.4 Å². The topological polar surface area (TPSA) is 106 Å². The molecule has 2 N–H and O–H groups in total. The fraction of sp³-hybridized carbons (Fsp3) is 0.516. The van der Waals surface area contributed by atoms with Crippen molar-refractivity contribution in [2.45, 2.75) is 66.3 Å². The van der Waals surface area contributed by atoms with Crippen LogP contribution in [0.3, 0.4) is 0 Å². The number of carbonyl (C=O) groups is 3. The lowest BCUT2D eigenvalue weighted by molar-refractivity contribution is -0.145. The van der Waals surface area contributed by atoms with Crippen LogP contribution in [0.25, 0.3) is 0 Å². The maximum atomic E-state index is 13.5. The molecular weight excluding hydrogens is 522 g/mol.